The van der Waals surface area contributed by atoms with Crippen molar-refractivity contribution in [1.82, 2.24) is 0 Å². The highest BCUT2D eigenvalue weighted by Gasteiger charge is 2.28. The first-order valence-electron chi connectivity index (χ1n) is 17.1. The van der Waals surface area contributed by atoms with Crippen molar-refractivity contribution in [2.45, 2.75) is 26.2 Å². The fourth-order valence-electron chi connectivity index (χ4n) is 7.37. The molecule has 0 saturated heterocycles. The van der Waals surface area contributed by atoms with Gasteiger partial charge in [-0.25, -0.2) is 0 Å². The molecule has 0 bridgehead atoms. The van der Waals surface area contributed by atoms with Crippen molar-refractivity contribution in [3.05, 3.63) is 151 Å². The molecule has 0 spiro atoms. The smallest absolute Gasteiger partial charge is 0.152 e. The highest BCUT2D eigenvalue weighted by atomic mass is 16.5. The molecule has 4 nitrogen and oxygen atoms in total. The summed E-state index contributed by atoms with van der Waals surface area (Å²) in [6.07, 6.45) is 0. The van der Waals surface area contributed by atoms with Crippen molar-refractivity contribution in [1.29, 1.82) is 0 Å². The second kappa shape index (κ2) is 10.6. The molecule has 3 heterocycles. The molecule has 0 aliphatic carbocycles. The number of fused-ring (bicyclic) bond motifs is 8. The minimum absolute atomic E-state index is 0.0615. The molecule has 0 N–H and O–H groups in total. The van der Waals surface area contributed by atoms with Gasteiger partial charge in [0.15, 0.2) is 11.5 Å². The lowest BCUT2D eigenvalue weighted by molar-refractivity contribution is 0.477. The molecule has 2 aromatic heterocycles. The van der Waals surface area contributed by atoms with E-state index in [-0.39, 0.29) is 5.41 Å². The molecule has 0 fully saturated rings. The van der Waals surface area contributed by atoms with Gasteiger partial charge < -0.3 is 18.5 Å². The molecule has 240 valence electrons. The molecule has 0 unspecified atom stereocenters. The van der Waals surface area contributed by atoms with Crippen molar-refractivity contribution in [3.63, 3.8) is 0 Å². The first kappa shape index (κ1) is 28.7. The van der Waals surface area contributed by atoms with Gasteiger partial charge in [-0.15, -0.1) is 0 Å². The average molecular weight is 648 g/mol. The minimum atomic E-state index is 0.0615. The van der Waals surface area contributed by atoms with Gasteiger partial charge in [0.25, 0.3) is 0 Å². The Morgan fingerprint density at radius 2 is 0.860 bits per heavy atom. The van der Waals surface area contributed by atoms with Crippen LogP contribution < -0.4 is 9.64 Å². The normalized spacial score (nSPS) is 12.8. The first-order chi connectivity index (χ1) is 24.4. The Bertz CT molecular complexity index is 2610. The van der Waals surface area contributed by atoms with E-state index in [0.29, 0.717) is 0 Å². The van der Waals surface area contributed by atoms with E-state index in [2.05, 4.69) is 147 Å². The second-order valence-corrected chi connectivity index (χ2v) is 14.2. The number of nitrogens with zero attached hydrogens (tertiary/aromatic N) is 1. The predicted molar refractivity (Wildman–Crippen MR) is 205 cm³/mol. The van der Waals surface area contributed by atoms with Crippen molar-refractivity contribution in [3.8, 4) is 33.8 Å². The summed E-state index contributed by atoms with van der Waals surface area (Å²) in [5.41, 5.74) is 12.4. The summed E-state index contributed by atoms with van der Waals surface area (Å²) in [6, 6.07) is 51.2. The van der Waals surface area contributed by atoms with Gasteiger partial charge in [0, 0.05) is 27.2 Å². The van der Waals surface area contributed by atoms with E-state index in [0.717, 1.165) is 94.7 Å². The zero-order valence-electron chi connectivity index (χ0n) is 28.0. The summed E-state index contributed by atoms with van der Waals surface area (Å²) >= 11 is 0. The Kier molecular flexibility index (Phi) is 6.10. The molecule has 0 saturated carbocycles. The maximum Gasteiger partial charge on any atom is 0.152 e. The topological polar surface area (TPSA) is 38.8 Å². The van der Waals surface area contributed by atoms with E-state index in [1.165, 1.54) is 5.56 Å². The standard InChI is InChI=1S/C46H33NO3/c1-46(2,3)32-16-18-33(19-17-32)47-38-20-12-30(28-14-22-42-36(24-28)34-8-4-6-10-40(34)48-42)26-44(38)50-45-27-31(13-21-39(45)47)29-15-23-43-37(25-29)35-9-5-7-11-41(35)49-43/h4-27H,1-3H3. The number of rotatable bonds is 3. The van der Waals surface area contributed by atoms with Gasteiger partial charge in [-0.3, -0.25) is 0 Å². The minimum Gasteiger partial charge on any atom is -0.456 e. The second-order valence-electron chi connectivity index (χ2n) is 14.2. The van der Waals surface area contributed by atoms with Gasteiger partial charge in [-0.2, -0.15) is 0 Å². The summed E-state index contributed by atoms with van der Waals surface area (Å²) in [4.78, 5) is 2.31. The monoisotopic (exact) mass is 647 g/mol. The molecule has 50 heavy (non-hydrogen) atoms. The summed E-state index contributed by atoms with van der Waals surface area (Å²) in [6.45, 7) is 6.74. The van der Waals surface area contributed by atoms with E-state index in [1.54, 1.807) is 0 Å². The quantitative estimate of drug-likeness (QED) is 0.191. The number of anilines is 3. The Hall–Kier alpha value is -6.26. The van der Waals surface area contributed by atoms with Crippen molar-refractivity contribution < 1.29 is 13.6 Å². The highest BCUT2D eigenvalue weighted by Crippen LogP contribution is 2.52. The van der Waals surface area contributed by atoms with Gasteiger partial charge in [0.1, 0.15) is 22.3 Å². The van der Waals surface area contributed by atoms with Gasteiger partial charge in [-0.1, -0.05) is 93.6 Å². The van der Waals surface area contributed by atoms with Crippen molar-refractivity contribution in [2.75, 3.05) is 4.90 Å². The number of para-hydroxylation sites is 2. The zero-order valence-corrected chi connectivity index (χ0v) is 28.0. The van der Waals surface area contributed by atoms with Crippen LogP contribution in [0, 0.1) is 0 Å². The van der Waals surface area contributed by atoms with Crippen LogP contribution >= 0.6 is 0 Å². The van der Waals surface area contributed by atoms with Gasteiger partial charge >= 0.3 is 0 Å². The lowest BCUT2D eigenvalue weighted by Crippen LogP contribution is -2.17. The van der Waals surface area contributed by atoms with Crippen LogP contribution in [0.5, 0.6) is 11.5 Å². The molecule has 10 rings (SSSR count). The highest BCUT2D eigenvalue weighted by molar-refractivity contribution is 6.07. The fraction of sp³-hybridized carbons (Fsp3) is 0.0870. The number of ether oxygens (including phenoxy) is 1. The molecule has 0 radical (unpaired) electrons. The lowest BCUT2D eigenvalue weighted by atomic mass is 9.87. The summed E-state index contributed by atoms with van der Waals surface area (Å²) in [5, 5.41) is 4.45. The van der Waals surface area contributed by atoms with Crippen LogP contribution in [0.25, 0.3) is 66.1 Å². The third kappa shape index (κ3) is 4.52. The molecule has 1 aliphatic heterocycles. The van der Waals surface area contributed by atoms with Crippen molar-refractivity contribution in [2.24, 2.45) is 0 Å². The maximum atomic E-state index is 6.84. The first-order valence-corrected chi connectivity index (χ1v) is 17.1. The molecule has 7 aromatic carbocycles. The fourth-order valence-corrected chi connectivity index (χ4v) is 7.37. The Labute approximate surface area is 289 Å². The predicted octanol–water partition coefficient (Wildman–Crippen LogP) is 13.7. The summed E-state index contributed by atoms with van der Waals surface area (Å²) in [5.74, 6) is 1.61. The molecule has 9 aromatic rings. The number of hydrogen-bond donors (Lipinski definition) is 0. The van der Waals surface area contributed by atoms with E-state index < -0.39 is 0 Å². The Morgan fingerprint density at radius 3 is 1.36 bits per heavy atom. The Morgan fingerprint density at radius 1 is 0.420 bits per heavy atom. The van der Waals surface area contributed by atoms with E-state index in [9.17, 15) is 0 Å². The number of benzene rings is 7. The zero-order chi connectivity index (χ0) is 33.6. The van der Waals surface area contributed by atoms with Crippen LogP contribution in [0.3, 0.4) is 0 Å². The van der Waals surface area contributed by atoms with Crippen LogP contribution in [0.15, 0.2) is 154 Å². The molecular formula is C46H33NO3. The van der Waals surface area contributed by atoms with Gasteiger partial charge in [0.2, 0.25) is 0 Å². The van der Waals surface area contributed by atoms with Crippen LogP contribution in [0.2, 0.25) is 0 Å². The Balaban J connectivity index is 1.11. The maximum absolute atomic E-state index is 6.84. The van der Waals surface area contributed by atoms with E-state index >= 15 is 0 Å². The molecule has 0 atom stereocenters. The van der Waals surface area contributed by atoms with Gasteiger partial charge in [-0.05, 0) is 106 Å². The number of hydrogen-bond acceptors (Lipinski definition) is 4. The molecule has 4 heteroatoms. The van der Waals surface area contributed by atoms with Crippen LogP contribution in [0.4, 0.5) is 17.1 Å². The van der Waals surface area contributed by atoms with Crippen molar-refractivity contribution >= 4 is 60.9 Å². The molecule has 0 amide bonds. The third-order valence-corrected chi connectivity index (χ3v) is 10.0. The SMILES string of the molecule is CC(C)(C)c1ccc(N2c3ccc(-c4ccc5oc6ccccc6c5c4)cc3Oc3cc(-c4ccc5oc6ccccc6c5c4)ccc32)cc1. The number of furan rings is 2. The largest absolute Gasteiger partial charge is 0.456 e. The van der Waals surface area contributed by atoms with E-state index in [1.807, 2.05) is 24.3 Å². The van der Waals surface area contributed by atoms with Crippen LogP contribution in [-0.2, 0) is 5.41 Å². The molecule has 1 aliphatic rings. The van der Waals surface area contributed by atoms with Crippen LogP contribution in [-0.4, -0.2) is 0 Å². The van der Waals surface area contributed by atoms with Crippen LogP contribution in [0.1, 0.15) is 26.3 Å². The third-order valence-electron chi connectivity index (χ3n) is 10.0. The molecular weight excluding hydrogens is 615 g/mol. The average Bonchev–Trinajstić information content (AvgIpc) is 3.71. The summed E-state index contributed by atoms with van der Waals surface area (Å²) < 4.78 is 19.1. The summed E-state index contributed by atoms with van der Waals surface area (Å²) in [7, 11) is 0. The van der Waals surface area contributed by atoms with E-state index in [4.69, 9.17) is 13.6 Å². The van der Waals surface area contributed by atoms with Gasteiger partial charge in [0.05, 0.1) is 11.4 Å². The lowest BCUT2D eigenvalue weighted by Gasteiger charge is -2.34.